The van der Waals surface area contributed by atoms with Crippen molar-refractivity contribution in [2.24, 2.45) is 7.05 Å². The van der Waals surface area contributed by atoms with Crippen molar-refractivity contribution in [1.29, 1.82) is 0 Å². The van der Waals surface area contributed by atoms with E-state index in [1.807, 2.05) is 0 Å². The highest BCUT2D eigenvalue weighted by molar-refractivity contribution is 7.89. The second-order valence-corrected chi connectivity index (χ2v) is 9.31. The Bertz CT molecular complexity index is 1090. The molecule has 0 bridgehead atoms. The van der Waals surface area contributed by atoms with Crippen molar-refractivity contribution < 1.29 is 18.1 Å². The van der Waals surface area contributed by atoms with Crippen LogP contribution in [0.25, 0.3) is 0 Å². The third-order valence-electron chi connectivity index (χ3n) is 5.44. The number of carbonyl (C=O) groups excluding carboxylic acids is 1. The molecular weight excluding hydrogens is 422 g/mol. The Balaban J connectivity index is 2.01. The number of benzene rings is 1. The molecule has 2 aromatic rings. The third kappa shape index (κ3) is 4.57. The van der Waals surface area contributed by atoms with Crippen LogP contribution in [0.5, 0.6) is 0 Å². The average Bonchev–Trinajstić information content (AvgIpc) is 3.38. The van der Waals surface area contributed by atoms with Crippen LogP contribution in [0.4, 0.5) is 17.1 Å². The van der Waals surface area contributed by atoms with Crippen LogP contribution in [0, 0.1) is 10.1 Å². The largest absolute Gasteiger partial charge is 0.370 e. The molecule has 1 aromatic carbocycles. The van der Waals surface area contributed by atoms with Crippen molar-refractivity contribution in [1.82, 2.24) is 8.87 Å². The van der Waals surface area contributed by atoms with Gasteiger partial charge in [-0.25, -0.2) is 8.42 Å². The first-order valence-electron chi connectivity index (χ1n) is 10.2. The molecule has 1 aliphatic heterocycles. The van der Waals surface area contributed by atoms with Crippen LogP contribution < -0.4 is 10.2 Å². The lowest BCUT2D eigenvalue weighted by Crippen LogP contribution is -2.31. The fraction of sp³-hybridized carbons (Fsp3) is 0.450. The van der Waals surface area contributed by atoms with Crippen LogP contribution in [0.3, 0.4) is 0 Å². The molecule has 1 aliphatic rings. The van der Waals surface area contributed by atoms with E-state index in [9.17, 15) is 23.3 Å². The van der Waals surface area contributed by atoms with Gasteiger partial charge in [-0.1, -0.05) is 13.8 Å². The first-order valence-corrected chi connectivity index (χ1v) is 11.6. The zero-order valence-electron chi connectivity index (χ0n) is 17.9. The highest BCUT2D eigenvalue weighted by atomic mass is 32.2. The molecule has 2 heterocycles. The van der Waals surface area contributed by atoms with Gasteiger partial charge < -0.3 is 14.8 Å². The van der Waals surface area contributed by atoms with Gasteiger partial charge >= 0.3 is 0 Å². The topological polar surface area (TPSA) is 118 Å². The van der Waals surface area contributed by atoms with E-state index in [1.54, 1.807) is 33.0 Å². The van der Waals surface area contributed by atoms with Crippen molar-refractivity contribution >= 4 is 33.0 Å². The molecule has 0 unspecified atom stereocenters. The molecule has 1 fully saturated rings. The van der Waals surface area contributed by atoms with Gasteiger partial charge in [-0.2, -0.15) is 4.31 Å². The summed E-state index contributed by atoms with van der Waals surface area (Å²) in [5, 5.41) is 13.8. The Morgan fingerprint density at radius 2 is 1.84 bits per heavy atom. The molecule has 0 saturated carbocycles. The SMILES string of the molecule is CCN(CC)S(=O)(=O)c1ccc(N2CCCC2)c(NC(=O)c2cc([N+](=O)[O-])cn2C)c1. The normalized spacial score (nSPS) is 14.3. The highest BCUT2D eigenvalue weighted by Crippen LogP contribution is 2.33. The molecule has 0 aliphatic carbocycles. The van der Waals surface area contributed by atoms with E-state index in [0.29, 0.717) is 18.8 Å². The van der Waals surface area contributed by atoms with E-state index in [1.165, 1.54) is 27.2 Å². The number of nitrogens with zero attached hydrogens (tertiary/aromatic N) is 4. The van der Waals surface area contributed by atoms with E-state index in [2.05, 4.69) is 10.2 Å². The second-order valence-electron chi connectivity index (χ2n) is 7.37. The van der Waals surface area contributed by atoms with Crippen LogP contribution >= 0.6 is 0 Å². The molecular formula is C20H27N5O5S. The minimum Gasteiger partial charge on any atom is -0.370 e. The summed E-state index contributed by atoms with van der Waals surface area (Å²) in [5.74, 6) is -0.548. The summed E-state index contributed by atoms with van der Waals surface area (Å²) in [6.07, 6.45) is 3.28. The molecule has 0 radical (unpaired) electrons. The van der Waals surface area contributed by atoms with Crippen molar-refractivity contribution in [2.45, 2.75) is 31.6 Å². The number of nitro groups is 1. The van der Waals surface area contributed by atoms with Gasteiger partial charge in [0.2, 0.25) is 10.0 Å². The molecule has 1 saturated heterocycles. The van der Waals surface area contributed by atoms with Crippen LogP contribution in [0.2, 0.25) is 0 Å². The summed E-state index contributed by atoms with van der Waals surface area (Å²) in [6, 6.07) is 5.94. The fourth-order valence-corrected chi connectivity index (χ4v) is 5.27. The minimum atomic E-state index is -3.71. The maximum absolute atomic E-state index is 13.0. The van der Waals surface area contributed by atoms with Gasteiger partial charge in [0.25, 0.3) is 11.6 Å². The number of rotatable bonds is 8. The monoisotopic (exact) mass is 449 g/mol. The summed E-state index contributed by atoms with van der Waals surface area (Å²) in [7, 11) is -2.16. The first-order chi connectivity index (χ1) is 14.7. The van der Waals surface area contributed by atoms with Gasteiger partial charge in [0.1, 0.15) is 5.69 Å². The van der Waals surface area contributed by atoms with Crippen LogP contribution in [0.15, 0.2) is 35.4 Å². The quantitative estimate of drug-likeness (QED) is 0.489. The van der Waals surface area contributed by atoms with E-state index in [4.69, 9.17) is 0 Å². The highest BCUT2D eigenvalue weighted by Gasteiger charge is 2.26. The summed E-state index contributed by atoms with van der Waals surface area (Å²) in [5.41, 5.74) is 1.01. The molecule has 168 valence electrons. The van der Waals surface area contributed by atoms with Crippen molar-refractivity contribution in [3.05, 3.63) is 46.3 Å². The smallest absolute Gasteiger partial charge is 0.287 e. The maximum atomic E-state index is 13.0. The Morgan fingerprint density at radius 3 is 2.39 bits per heavy atom. The lowest BCUT2D eigenvalue weighted by atomic mass is 10.2. The van der Waals surface area contributed by atoms with Crippen molar-refractivity contribution in [2.75, 3.05) is 36.4 Å². The number of sulfonamides is 1. The zero-order chi connectivity index (χ0) is 22.8. The van der Waals surface area contributed by atoms with Gasteiger partial charge in [0.15, 0.2) is 0 Å². The predicted molar refractivity (Wildman–Crippen MR) is 118 cm³/mol. The number of hydrogen-bond donors (Lipinski definition) is 1. The van der Waals surface area contributed by atoms with E-state index >= 15 is 0 Å². The molecule has 0 atom stereocenters. The molecule has 1 N–H and O–H groups in total. The zero-order valence-corrected chi connectivity index (χ0v) is 18.7. The van der Waals surface area contributed by atoms with Crippen molar-refractivity contribution in [3.8, 4) is 0 Å². The van der Waals surface area contributed by atoms with E-state index in [-0.39, 0.29) is 16.3 Å². The lowest BCUT2D eigenvalue weighted by Gasteiger charge is -2.24. The van der Waals surface area contributed by atoms with Crippen LogP contribution in [-0.2, 0) is 17.1 Å². The van der Waals surface area contributed by atoms with Gasteiger partial charge in [-0.05, 0) is 31.0 Å². The number of amides is 1. The van der Waals surface area contributed by atoms with E-state index in [0.717, 1.165) is 31.6 Å². The number of hydrogen-bond acceptors (Lipinski definition) is 6. The van der Waals surface area contributed by atoms with Crippen LogP contribution in [-0.4, -0.2) is 54.3 Å². The summed E-state index contributed by atoms with van der Waals surface area (Å²) in [6.45, 7) is 5.82. The Labute approximate surface area is 181 Å². The van der Waals surface area contributed by atoms with E-state index < -0.39 is 20.9 Å². The van der Waals surface area contributed by atoms with Gasteiger partial charge in [-0.15, -0.1) is 0 Å². The number of nitrogens with one attached hydrogen (secondary N) is 1. The van der Waals surface area contributed by atoms with Gasteiger partial charge in [0, 0.05) is 39.3 Å². The lowest BCUT2D eigenvalue weighted by molar-refractivity contribution is -0.384. The van der Waals surface area contributed by atoms with Crippen LogP contribution in [0.1, 0.15) is 37.2 Å². The Hall–Kier alpha value is -2.92. The first kappa shape index (κ1) is 22.8. The Morgan fingerprint density at radius 1 is 1.19 bits per heavy atom. The minimum absolute atomic E-state index is 0.0901. The molecule has 11 heteroatoms. The molecule has 0 spiro atoms. The number of aryl methyl sites for hydroxylation is 1. The van der Waals surface area contributed by atoms with Gasteiger partial charge in [0.05, 0.1) is 27.4 Å². The molecule has 1 aromatic heterocycles. The average molecular weight is 450 g/mol. The predicted octanol–water partition coefficient (Wildman–Crippen LogP) is 2.82. The van der Waals surface area contributed by atoms with Crippen molar-refractivity contribution in [3.63, 3.8) is 0 Å². The Kier molecular flexibility index (Phi) is 6.65. The van der Waals surface area contributed by atoms with Gasteiger partial charge in [-0.3, -0.25) is 14.9 Å². The summed E-state index contributed by atoms with van der Waals surface area (Å²) >= 11 is 0. The molecule has 1 amide bonds. The standard InChI is InChI=1S/C20H27N5O5S/c1-4-24(5-2)31(29,30)16-8-9-18(23-10-6-7-11-23)17(13-16)21-20(26)19-12-15(25(27)28)14-22(19)3/h8-9,12-14H,4-7,10-11H2,1-3H3,(H,21,26). The number of anilines is 2. The fourth-order valence-electron chi connectivity index (χ4n) is 3.78. The summed E-state index contributed by atoms with van der Waals surface area (Å²) in [4.78, 5) is 25.6. The second kappa shape index (κ2) is 9.06. The molecule has 31 heavy (non-hydrogen) atoms. The third-order valence-corrected chi connectivity index (χ3v) is 7.49. The number of aromatic nitrogens is 1. The molecule has 10 nitrogen and oxygen atoms in total. The number of carbonyl (C=O) groups is 1. The summed E-state index contributed by atoms with van der Waals surface area (Å²) < 4.78 is 28.7. The molecule has 3 rings (SSSR count). The maximum Gasteiger partial charge on any atom is 0.287 e.